The Morgan fingerprint density at radius 1 is 1.11 bits per heavy atom. The summed E-state index contributed by atoms with van der Waals surface area (Å²) in [6.45, 7) is 2.54. The maximum Gasteiger partial charge on any atom is 0.242 e. The van der Waals surface area contributed by atoms with Crippen molar-refractivity contribution >= 4 is 22.8 Å². The van der Waals surface area contributed by atoms with Crippen LogP contribution in [0.4, 0.5) is 0 Å². The second-order valence-corrected chi connectivity index (χ2v) is 7.48. The van der Waals surface area contributed by atoms with Crippen molar-refractivity contribution in [1.82, 2.24) is 4.57 Å². The van der Waals surface area contributed by atoms with Gasteiger partial charge in [0.25, 0.3) is 0 Å². The molecular weight excluding hydrogens is 350 g/mol. The first-order valence-electron chi connectivity index (χ1n) is 9.97. The summed E-state index contributed by atoms with van der Waals surface area (Å²) in [5.74, 6) is -0.00422. The molecule has 0 atom stereocenters. The van der Waals surface area contributed by atoms with E-state index < -0.39 is 11.5 Å². The number of aldehydes is 1. The van der Waals surface area contributed by atoms with Crippen molar-refractivity contribution in [2.75, 3.05) is 6.61 Å². The van der Waals surface area contributed by atoms with E-state index in [1.54, 1.807) is 0 Å². The first-order chi connectivity index (χ1) is 13.7. The lowest BCUT2D eigenvalue weighted by Crippen LogP contribution is -2.41. The molecule has 0 radical (unpaired) electrons. The normalized spacial score (nSPS) is 22.2. The van der Waals surface area contributed by atoms with Crippen molar-refractivity contribution in [3.63, 3.8) is 0 Å². The quantitative estimate of drug-likeness (QED) is 0.343. The van der Waals surface area contributed by atoms with Crippen molar-refractivity contribution in [1.29, 1.82) is 0 Å². The summed E-state index contributed by atoms with van der Waals surface area (Å²) in [6, 6.07) is 18.3. The van der Waals surface area contributed by atoms with Crippen LogP contribution >= 0.6 is 0 Å². The van der Waals surface area contributed by atoms with Gasteiger partial charge in [-0.15, -0.1) is 0 Å². The highest BCUT2D eigenvalue weighted by molar-refractivity contribution is 6.35. The largest absolute Gasteiger partial charge is 0.356 e. The number of ether oxygens (including phenoxy) is 1. The first-order valence-corrected chi connectivity index (χ1v) is 9.97. The van der Waals surface area contributed by atoms with E-state index in [9.17, 15) is 9.59 Å². The van der Waals surface area contributed by atoms with Gasteiger partial charge in [-0.25, -0.2) is 0 Å². The Bertz CT molecular complexity index is 982. The number of rotatable bonds is 6. The molecule has 4 rings (SSSR count). The minimum Gasteiger partial charge on any atom is -0.356 e. The van der Waals surface area contributed by atoms with Gasteiger partial charge in [-0.05, 0) is 44.1 Å². The van der Waals surface area contributed by atoms with E-state index in [0.717, 1.165) is 36.5 Å². The number of carbonyl (C=O) groups is 2. The minimum atomic E-state index is -0.590. The third kappa shape index (κ3) is 3.18. The Kier molecular flexibility index (Phi) is 5.14. The fourth-order valence-corrected chi connectivity index (χ4v) is 4.64. The van der Waals surface area contributed by atoms with Crippen LogP contribution in [0.15, 0.2) is 60.8 Å². The number of hydrogen-bond acceptors (Lipinski definition) is 3. The Morgan fingerprint density at radius 3 is 2.46 bits per heavy atom. The monoisotopic (exact) mass is 375 g/mol. The zero-order valence-corrected chi connectivity index (χ0v) is 16.1. The highest BCUT2D eigenvalue weighted by atomic mass is 16.5. The standard InChI is InChI=1S/C24H25NO3/c1-2-28-24(14-12-19(13-15-24)18-8-4-3-5-9-18)25-16-20-10-6-7-11-21(20)23(25)22(27)17-26/h3-11,16-17,19H,2,12-15H2,1H3. The Labute approximate surface area is 165 Å². The van der Waals surface area contributed by atoms with Crippen molar-refractivity contribution in [3.05, 3.63) is 72.1 Å². The Balaban J connectivity index is 1.75. The van der Waals surface area contributed by atoms with Crippen LogP contribution in [0, 0.1) is 0 Å². The molecular formula is C24H25NO3. The number of hydrogen-bond donors (Lipinski definition) is 0. The molecule has 2 aromatic carbocycles. The van der Waals surface area contributed by atoms with E-state index in [0.29, 0.717) is 24.5 Å². The van der Waals surface area contributed by atoms with E-state index in [-0.39, 0.29) is 0 Å². The van der Waals surface area contributed by atoms with Gasteiger partial charge in [0.05, 0.1) is 0 Å². The van der Waals surface area contributed by atoms with Crippen LogP contribution in [0.1, 0.15) is 54.6 Å². The number of aromatic nitrogens is 1. The van der Waals surface area contributed by atoms with Crippen molar-refractivity contribution < 1.29 is 14.3 Å². The molecule has 28 heavy (non-hydrogen) atoms. The molecule has 4 nitrogen and oxygen atoms in total. The average Bonchev–Trinajstić information content (AvgIpc) is 3.15. The topological polar surface area (TPSA) is 48.3 Å². The summed E-state index contributed by atoms with van der Waals surface area (Å²) in [7, 11) is 0. The molecule has 3 aromatic rings. The predicted octanol–water partition coefficient (Wildman–Crippen LogP) is 5.07. The molecule has 0 aliphatic heterocycles. The lowest BCUT2D eigenvalue weighted by molar-refractivity contribution is -0.129. The summed E-state index contributed by atoms with van der Waals surface area (Å²) in [5.41, 5.74) is 1.21. The number of Topliss-reactive ketones (excluding diaryl/α,β-unsaturated/α-hetero) is 1. The van der Waals surface area contributed by atoms with Crippen LogP contribution < -0.4 is 0 Å². The minimum absolute atomic E-state index is 0.410. The molecule has 1 saturated carbocycles. The fourth-order valence-electron chi connectivity index (χ4n) is 4.64. The number of fused-ring (bicyclic) bond motifs is 1. The molecule has 4 heteroatoms. The lowest BCUT2D eigenvalue weighted by atomic mass is 9.79. The molecule has 1 fully saturated rings. The van der Waals surface area contributed by atoms with Gasteiger partial charge in [-0.1, -0.05) is 54.6 Å². The molecule has 1 aliphatic rings. The van der Waals surface area contributed by atoms with Crippen LogP contribution in [0.3, 0.4) is 0 Å². The third-order valence-corrected chi connectivity index (χ3v) is 5.96. The second-order valence-electron chi connectivity index (χ2n) is 7.48. The third-order valence-electron chi connectivity index (χ3n) is 5.96. The van der Waals surface area contributed by atoms with Gasteiger partial charge < -0.3 is 9.30 Å². The maximum absolute atomic E-state index is 12.5. The molecule has 0 amide bonds. The highest BCUT2D eigenvalue weighted by Gasteiger charge is 2.40. The zero-order chi connectivity index (χ0) is 19.6. The molecule has 0 spiro atoms. The van der Waals surface area contributed by atoms with Crippen molar-refractivity contribution in [3.8, 4) is 0 Å². The average molecular weight is 375 g/mol. The van der Waals surface area contributed by atoms with Crippen molar-refractivity contribution in [2.45, 2.75) is 44.2 Å². The Hall–Kier alpha value is -2.72. The van der Waals surface area contributed by atoms with Crippen LogP contribution in [-0.2, 0) is 15.3 Å². The molecule has 144 valence electrons. The highest BCUT2D eigenvalue weighted by Crippen LogP contribution is 2.44. The van der Waals surface area contributed by atoms with Gasteiger partial charge in [-0.2, -0.15) is 0 Å². The van der Waals surface area contributed by atoms with E-state index >= 15 is 0 Å². The summed E-state index contributed by atoms with van der Waals surface area (Å²) >= 11 is 0. The zero-order valence-electron chi connectivity index (χ0n) is 16.1. The molecule has 0 N–H and O–H groups in total. The summed E-state index contributed by atoms with van der Waals surface area (Å²) in [6.07, 6.45) is 5.96. The maximum atomic E-state index is 12.5. The van der Waals surface area contributed by atoms with E-state index in [1.165, 1.54) is 5.56 Å². The molecule has 0 bridgehead atoms. The van der Waals surface area contributed by atoms with Gasteiger partial charge in [0.15, 0.2) is 6.29 Å². The first kappa shape index (κ1) is 18.6. The molecule has 1 aromatic heterocycles. The molecule has 1 heterocycles. The van der Waals surface area contributed by atoms with Crippen LogP contribution in [-0.4, -0.2) is 23.2 Å². The number of nitrogens with zero attached hydrogens (tertiary/aromatic N) is 1. The number of ketones is 1. The van der Waals surface area contributed by atoms with Gasteiger partial charge >= 0.3 is 0 Å². The van der Waals surface area contributed by atoms with E-state index in [1.807, 2.05) is 48.0 Å². The molecule has 1 aliphatic carbocycles. The van der Waals surface area contributed by atoms with E-state index in [4.69, 9.17) is 4.74 Å². The van der Waals surface area contributed by atoms with E-state index in [2.05, 4.69) is 24.3 Å². The second kappa shape index (κ2) is 7.72. The van der Waals surface area contributed by atoms with Gasteiger partial charge in [0.2, 0.25) is 5.78 Å². The smallest absolute Gasteiger partial charge is 0.242 e. The summed E-state index contributed by atoms with van der Waals surface area (Å²) in [5, 5.41) is 1.76. The van der Waals surface area contributed by atoms with Gasteiger partial charge in [0, 0.05) is 23.6 Å². The van der Waals surface area contributed by atoms with Gasteiger partial charge in [0.1, 0.15) is 11.4 Å². The summed E-state index contributed by atoms with van der Waals surface area (Å²) < 4.78 is 8.24. The van der Waals surface area contributed by atoms with Crippen LogP contribution in [0.2, 0.25) is 0 Å². The molecule has 0 unspecified atom stereocenters. The lowest BCUT2D eigenvalue weighted by Gasteiger charge is -2.42. The van der Waals surface area contributed by atoms with Gasteiger partial charge in [-0.3, -0.25) is 9.59 Å². The molecule has 0 saturated heterocycles. The Morgan fingerprint density at radius 2 is 1.79 bits per heavy atom. The van der Waals surface area contributed by atoms with Crippen LogP contribution in [0.25, 0.3) is 10.8 Å². The fraction of sp³-hybridized carbons (Fsp3) is 0.333. The SMILES string of the molecule is CCOC1(n2cc3ccccc3c2C(=O)C=O)CCC(c2ccccc2)CC1. The number of carbonyl (C=O) groups excluding carboxylic acids is 2. The van der Waals surface area contributed by atoms with Crippen LogP contribution in [0.5, 0.6) is 0 Å². The predicted molar refractivity (Wildman–Crippen MR) is 110 cm³/mol. The van der Waals surface area contributed by atoms with Crippen molar-refractivity contribution in [2.24, 2.45) is 0 Å². The number of benzene rings is 2. The summed E-state index contributed by atoms with van der Waals surface area (Å²) in [4.78, 5) is 23.9.